The van der Waals surface area contributed by atoms with Gasteiger partial charge < -0.3 is 4.74 Å². The molecule has 0 radical (unpaired) electrons. The SMILES string of the molecule is COc1c(C#N)ccc(C(=O)CBr)c1I. The molecule has 78 valence electrons. The summed E-state index contributed by atoms with van der Waals surface area (Å²) in [6.07, 6.45) is 0. The molecule has 0 atom stereocenters. The minimum Gasteiger partial charge on any atom is -0.494 e. The van der Waals surface area contributed by atoms with Gasteiger partial charge in [0.25, 0.3) is 0 Å². The number of rotatable bonds is 3. The summed E-state index contributed by atoms with van der Waals surface area (Å²) in [6, 6.07) is 5.26. The van der Waals surface area contributed by atoms with Crippen LogP contribution in [-0.2, 0) is 0 Å². The number of Topliss-reactive ketones (excluding diaryl/α,β-unsaturated/α-hetero) is 1. The lowest BCUT2D eigenvalue weighted by Crippen LogP contribution is -2.05. The van der Waals surface area contributed by atoms with Crippen molar-refractivity contribution in [3.63, 3.8) is 0 Å². The minimum absolute atomic E-state index is 0.0258. The number of ketones is 1. The summed E-state index contributed by atoms with van der Waals surface area (Å²) in [5, 5.41) is 9.10. The zero-order valence-corrected chi connectivity index (χ0v) is 11.6. The average molecular weight is 380 g/mol. The Morgan fingerprint density at radius 1 is 1.67 bits per heavy atom. The van der Waals surface area contributed by atoms with Crippen LogP contribution in [0.25, 0.3) is 0 Å². The number of hydrogen-bond acceptors (Lipinski definition) is 3. The van der Waals surface area contributed by atoms with Crippen molar-refractivity contribution in [1.29, 1.82) is 5.26 Å². The van der Waals surface area contributed by atoms with Crippen molar-refractivity contribution in [3.05, 3.63) is 26.8 Å². The number of methoxy groups -OCH3 is 1. The molecule has 1 rings (SSSR count). The summed E-state index contributed by atoms with van der Waals surface area (Å²) >= 11 is 5.12. The van der Waals surface area contributed by atoms with Gasteiger partial charge >= 0.3 is 0 Å². The molecule has 0 heterocycles. The first kappa shape index (κ1) is 12.5. The van der Waals surface area contributed by atoms with Gasteiger partial charge in [-0.05, 0) is 34.7 Å². The summed E-state index contributed by atoms with van der Waals surface area (Å²) < 4.78 is 5.78. The number of nitriles is 1. The zero-order chi connectivity index (χ0) is 11.4. The summed E-state index contributed by atoms with van der Waals surface area (Å²) in [5.41, 5.74) is 1.01. The van der Waals surface area contributed by atoms with E-state index in [1.54, 1.807) is 12.1 Å². The van der Waals surface area contributed by atoms with Gasteiger partial charge in [-0.1, -0.05) is 15.9 Å². The average Bonchev–Trinajstić information content (AvgIpc) is 2.27. The van der Waals surface area contributed by atoms with Crippen molar-refractivity contribution in [2.24, 2.45) is 0 Å². The van der Waals surface area contributed by atoms with E-state index < -0.39 is 0 Å². The van der Waals surface area contributed by atoms with Gasteiger partial charge in [0.2, 0.25) is 0 Å². The van der Waals surface area contributed by atoms with Crippen LogP contribution in [-0.4, -0.2) is 18.2 Å². The third-order valence-electron chi connectivity index (χ3n) is 1.84. The number of carbonyl (C=O) groups excluding carboxylic acids is 1. The molecule has 0 N–H and O–H groups in total. The van der Waals surface area contributed by atoms with Crippen LogP contribution in [0.3, 0.4) is 0 Å². The molecule has 15 heavy (non-hydrogen) atoms. The predicted molar refractivity (Wildman–Crippen MR) is 68.6 cm³/mol. The first-order chi connectivity index (χ1) is 7.15. The summed E-state index contributed by atoms with van der Waals surface area (Å²) in [7, 11) is 1.49. The van der Waals surface area contributed by atoms with Crippen molar-refractivity contribution in [2.75, 3.05) is 12.4 Å². The number of halogens is 2. The van der Waals surface area contributed by atoms with Crippen molar-refractivity contribution in [1.82, 2.24) is 0 Å². The van der Waals surface area contributed by atoms with Crippen LogP contribution in [0, 0.1) is 14.9 Å². The topological polar surface area (TPSA) is 50.1 Å². The number of nitrogens with zero attached hydrogens (tertiary/aromatic N) is 1. The van der Waals surface area contributed by atoms with Crippen LogP contribution in [0.5, 0.6) is 5.75 Å². The smallest absolute Gasteiger partial charge is 0.174 e. The molecule has 0 unspecified atom stereocenters. The number of alkyl halides is 1. The van der Waals surface area contributed by atoms with Gasteiger partial charge in [0.15, 0.2) is 11.5 Å². The summed E-state index contributed by atoms with van der Waals surface area (Å²) in [4.78, 5) is 11.5. The van der Waals surface area contributed by atoms with Crippen LogP contribution in [0.2, 0.25) is 0 Å². The molecule has 0 aromatic heterocycles. The fraction of sp³-hybridized carbons (Fsp3) is 0.200. The molecule has 0 amide bonds. The van der Waals surface area contributed by atoms with E-state index in [0.717, 1.165) is 0 Å². The minimum atomic E-state index is -0.0258. The van der Waals surface area contributed by atoms with E-state index in [0.29, 0.717) is 20.4 Å². The van der Waals surface area contributed by atoms with Crippen LogP contribution in [0.15, 0.2) is 12.1 Å². The normalized spacial score (nSPS) is 9.47. The monoisotopic (exact) mass is 379 g/mol. The van der Waals surface area contributed by atoms with Gasteiger partial charge in [-0.25, -0.2) is 0 Å². The van der Waals surface area contributed by atoms with Crippen molar-refractivity contribution in [2.45, 2.75) is 0 Å². The fourth-order valence-electron chi connectivity index (χ4n) is 1.13. The van der Waals surface area contributed by atoms with E-state index in [4.69, 9.17) is 10.00 Å². The molecule has 5 heteroatoms. The first-order valence-electron chi connectivity index (χ1n) is 4.01. The number of hydrogen-bond donors (Lipinski definition) is 0. The molecule has 0 aliphatic carbocycles. The summed E-state index contributed by atoms with van der Waals surface area (Å²) in [6.45, 7) is 0. The molecular weight excluding hydrogens is 373 g/mol. The second-order valence-electron chi connectivity index (χ2n) is 2.68. The van der Waals surface area contributed by atoms with Crippen LogP contribution < -0.4 is 4.74 Å². The third-order valence-corrected chi connectivity index (χ3v) is 3.42. The highest BCUT2D eigenvalue weighted by atomic mass is 127. The number of ether oxygens (including phenoxy) is 1. The van der Waals surface area contributed by atoms with Gasteiger partial charge in [-0.15, -0.1) is 0 Å². The Hall–Kier alpha value is -0.610. The van der Waals surface area contributed by atoms with E-state index in [1.807, 2.05) is 28.7 Å². The number of carbonyl (C=O) groups is 1. The fourth-order valence-corrected chi connectivity index (χ4v) is 2.42. The Bertz CT molecular complexity index is 440. The molecule has 0 fully saturated rings. The second-order valence-corrected chi connectivity index (χ2v) is 4.32. The van der Waals surface area contributed by atoms with Gasteiger partial charge in [0.05, 0.1) is 21.6 Å². The quantitative estimate of drug-likeness (QED) is 0.461. The van der Waals surface area contributed by atoms with Gasteiger partial charge in [-0.3, -0.25) is 4.79 Å². The lowest BCUT2D eigenvalue weighted by Gasteiger charge is -2.08. The standard InChI is InChI=1S/C10H7BrINO2/c1-15-10-6(5-13)2-3-7(9(10)12)8(14)4-11/h2-3H,4H2,1H3. The first-order valence-corrected chi connectivity index (χ1v) is 6.21. The zero-order valence-electron chi connectivity index (χ0n) is 7.88. The highest BCUT2D eigenvalue weighted by Crippen LogP contribution is 2.28. The highest BCUT2D eigenvalue weighted by molar-refractivity contribution is 14.1. The molecule has 0 saturated heterocycles. The van der Waals surface area contributed by atoms with Crippen LogP contribution >= 0.6 is 38.5 Å². The third kappa shape index (κ3) is 2.49. The largest absolute Gasteiger partial charge is 0.494 e. The second kappa shape index (κ2) is 5.47. The van der Waals surface area contributed by atoms with E-state index in [1.165, 1.54) is 7.11 Å². The molecule has 0 saturated carbocycles. The maximum atomic E-state index is 11.5. The lowest BCUT2D eigenvalue weighted by atomic mass is 10.1. The molecule has 0 spiro atoms. The Morgan fingerprint density at radius 2 is 2.33 bits per heavy atom. The maximum absolute atomic E-state index is 11.5. The lowest BCUT2D eigenvalue weighted by molar-refractivity contribution is 0.102. The molecule has 0 aliphatic rings. The molecular formula is C10H7BrINO2. The maximum Gasteiger partial charge on any atom is 0.174 e. The Morgan fingerprint density at radius 3 is 2.80 bits per heavy atom. The van der Waals surface area contributed by atoms with Crippen LogP contribution in [0.1, 0.15) is 15.9 Å². The van der Waals surface area contributed by atoms with Gasteiger partial charge in [-0.2, -0.15) is 5.26 Å². The van der Waals surface area contributed by atoms with Crippen molar-refractivity contribution < 1.29 is 9.53 Å². The summed E-state index contributed by atoms with van der Waals surface area (Å²) in [5.74, 6) is 0.437. The molecule has 1 aromatic rings. The Labute approximate surface area is 110 Å². The Kier molecular flexibility index (Phi) is 4.54. The Balaban J connectivity index is 3.37. The van der Waals surface area contributed by atoms with Crippen molar-refractivity contribution in [3.8, 4) is 11.8 Å². The van der Waals surface area contributed by atoms with E-state index in [2.05, 4.69) is 15.9 Å². The van der Waals surface area contributed by atoms with Gasteiger partial charge in [0.1, 0.15) is 6.07 Å². The molecule has 3 nitrogen and oxygen atoms in total. The molecule has 0 bridgehead atoms. The van der Waals surface area contributed by atoms with Crippen LogP contribution in [0.4, 0.5) is 0 Å². The molecule has 1 aromatic carbocycles. The number of benzene rings is 1. The van der Waals surface area contributed by atoms with E-state index >= 15 is 0 Å². The van der Waals surface area contributed by atoms with E-state index in [9.17, 15) is 4.79 Å². The predicted octanol–water partition coefficient (Wildman–Crippen LogP) is 2.75. The molecule has 0 aliphatic heterocycles. The van der Waals surface area contributed by atoms with Crippen molar-refractivity contribution >= 4 is 44.3 Å². The van der Waals surface area contributed by atoms with E-state index in [-0.39, 0.29) is 11.1 Å². The highest BCUT2D eigenvalue weighted by Gasteiger charge is 2.15. The van der Waals surface area contributed by atoms with Gasteiger partial charge in [0, 0.05) is 5.56 Å².